The van der Waals surface area contributed by atoms with E-state index in [1.54, 1.807) is 0 Å². The van der Waals surface area contributed by atoms with Crippen LogP contribution in [0.5, 0.6) is 0 Å². The lowest BCUT2D eigenvalue weighted by Gasteiger charge is -2.04. The van der Waals surface area contributed by atoms with Crippen LogP contribution in [0.2, 0.25) is 5.02 Å². The van der Waals surface area contributed by atoms with E-state index in [2.05, 4.69) is 4.98 Å². The van der Waals surface area contributed by atoms with Gasteiger partial charge in [-0.05, 0) is 12.3 Å². The van der Waals surface area contributed by atoms with Crippen molar-refractivity contribution in [1.29, 1.82) is 0 Å². The molecule has 0 atom stereocenters. The predicted molar refractivity (Wildman–Crippen MR) is 50.9 cm³/mol. The van der Waals surface area contributed by atoms with E-state index < -0.39 is 7.12 Å². The van der Waals surface area contributed by atoms with Crippen LogP contribution in [-0.2, 0) is 0 Å². The topological polar surface area (TPSA) is 53.4 Å². The third kappa shape index (κ3) is 1.92. The van der Waals surface area contributed by atoms with Crippen molar-refractivity contribution < 1.29 is 10.0 Å². The fraction of sp³-hybridized carbons (Fsp3) is 0.167. The summed E-state index contributed by atoms with van der Waals surface area (Å²) >= 11 is 7.16. The summed E-state index contributed by atoms with van der Waals surface area (Å²) in [5, 5.41) is 18.6. The third-order valence-corrected chi connectivity index (χ3v) is 2.56. The van der Waals surface area contributed by atoms with Crippen LogP contribution in [0.15, 0.2) is 17.3 Å². The van der Waals surface area contributed by atoms with Crippen molar-refractivity contribution in [3.05, 3.63) is 17.3 Å². The smallest absolute Gasteiger partial charge is 0.423 e. The zero-order chi connectivity index (χ0) is 9.14. The fourth-order valence-electron chi connectivity index (χ4n) is 0.780. The lowest BCUT2D eigenvalue weighted by molar-refractivity contribution is 0.425. The molecule has 0 radical (unpaired) electrons. The minimum absolute atomic E-state index is 0.288. The second-order valence-corrected chi connectivity index (χ2v) is 3.27. The maximum absolute atomic E-state index is 8.86. The predicted octanol–water partition coefficient (Wildman–Crippen LogP) is 0.137. The summed E-state index contributed by atoms with van der Waals surface area (Å²) < 4.78 is 0. The lowest BCUT2D eigenvalue weighted by atomic mass is 9.81. The summed E-state index contributed by atoms with van der Waals surface area (Å²) in [6.07, 6.45) is 3.31. The second kappa shape index (κ2) is 4.14. The Hall–Kier alpha value is -0.225. The van der Waals surface area contributed by atoms with E-state index in [9.17, 15) is 0 Å². The highest BCUT2D eigenvalue weighted by molar-refractivity contribution is 7.98. The number of pyridine rings is 1. The molecule has 0 fully saturated rings. The molecule has 1 heterocycles. The standard InChI is InChI=1S/C6H7BClNO2S/c1-12-6-5(8)4(7(10)11)2-3-9-6/h2-3,10-11H,1H3. The summed E-state index contributed by atoms with van der Waals surface area (Å²) in [5.41, 5.74) is 0.288. The lowest BCUT2D eigenvalue weighted by Crippen LogP contribution is -2.31. The van der Waals surface area contributed by atoms with Gasteiger partial charge in [0.25, 0.3) is 0 Å². The monoisotopic (exact) mass is 203 g/mol. The van der Waals surface area contributed by atoms with E-state index in [0.29, 0.717) is 10.0 Å². The molecule has 1 rings (SSSR count). The molecule has 64 valence electrons. The van der Waals surface area contributed by atoms with Crippen LogP contribution >= 0.6 is 23.4 Å². The zero-order valence-corrected chi connectivity index (χ0v) is 7.93. The molecule has 0 saturated heterocycles. The Labute approximate surface area is 79.9 Å². The summed E-state index contributed by atoms with van der Waals surface area (Å²) in [4.78, 5) is 3.95. The molecule has 0 aliphatic rings. The Kier molecular flexibility index (Phi) is 3.40. The molecular weight excluding hydrogens is 196 g/mol. The third-order valence-electron chi connectivity index (χ3n) is 1.36. The van der Waals surface area contributed by atoms with Gasteiger partial charge in [-0.2, -0.15) is 0 Å². The summed E-state index contributed by atoms with van der Waals surface area (Å²) in [5.74, 6) is 0. The van der Waals surface area contributed by atoms with E-state index in [-0.39, 0.29) is 5.46 Å². The van der Waals surface area contributed by atoms with Gasteiger partial charge in [0, 0.05) is 11.7 Å². The van der Waals surface area contributed by atoms with Crippen molar-refractivity contribution in [2.45, 2.75) is 5.03 Å². The Balaban J connectivity index is 3.14. The molecule has 0 aromatic carbocycles. The summed E-state index contributed by atoms with van der Waals surface area (Å²) in [7, 11) is -1.54. The van der Waals surface area contributed by atoms with Crippen LogP contribution in [0.1, 0.15) is 0 Å². The number of hydrogen-bond donors (Lipinski definition) is 2. The first-order valence-electron chi connectivity index (χ1n) is 3.21. The molecule has 0 aliphatic heterocycles. The average Bonchev–Trinajstić information content (AvgIpc) is 2.04. The first kappa shape index (κ1) is 9.86. The summed E-state index contributed by atoms with van der Waals surface area (Å²) in [6, 6.07) is 1.48. The van der Waals surface area contributed by atoms with Crippen LogP contribution < -0.4 is 5.46 Å². The van der Waals surface area contributed by atoms with E-state index in [1.807, 2.05) is 6.26 Å². The maximum atomic E-state index is 8.86. The number of thioether (sulfide) groups is 1. The molecular formula is C6H7BClNO2S. The van der Waals surface area contributed by atoms with Gasteiger partial charge in [0.05, 0.1) is 5.02 Å². The van der Waals surface area contributed by atoms with Crippen molar-refractivity contribution in [3.8, 4) is 0 Å². The van der Waals surface area contributed by atoms with Gasteiger partial charge in [-0.1, -0.05) is 11.6 Å². The maximum Gasteiger partial charge on any atom is 0.490 e. The first-order valence-corrected chi connectivity index (χ1v) is 4.81. The van der Waals surface area contributed by atoms with Gasteiger partial charge < -0.3 is 10.0 Å². The molecule has 0 unspecified atom stereocenters. The SMILES string of the molecule is CSc1nccc(B(O)O)c1Cl. The van der Waals surface area contributed by atoms with Crippen LogP contribution in [-0.4, -0.2) is 28.4 Å². The van der Waals surface area contributed by atoms with E-state index in [4.69, 9.17) is 21.6 Å². The van der Waals surface area contributed by atoms with Crippen LogP contribution in [0.25, 0.3) is 0 Å². The number of nitrogens with zero attached hydrogens (tertiary/aromatic N) is 1. The molecule has 0 bridgehead atoms. The molecule has 2 N–H and O–H groups in total. The molecule has 0 amide bonds. The fourth-order valence-corrected chi connectivity index (χ4v) is 1.68. The van der Waals surface area contributed by atoms with Crippen molar-refractivity contribution in [1.82, 2.24) is 4.98 Å². The minimum Gasteiger partial charge on any atom is -0.423 e. The molecule has 0 aliphatic carbocycles. The molecule has 1 aromatic heterocycles. The molecule has 12 heavy (non-hydrogen) atoms. The highest BCUT2D eigenvalue weighted by Gasteiger charge is 2.17. The van der Waals surface area contributed by atoms with Crippen LogP contribution in [0.3, 0.4) is 0 Å². The average molecular weight is 203 g/mol. The highest BCUT2D eigenvalue weighted by atomic mass is 35.5. The molecule has 1 aromatic rings. The van der Waals surface area contributed by atoms with Gasteiger partial charge >= 0.3 is 7.12 Å². The molecule has 0 spiro atoms. The number of rotatable bonds is 2. The Morgan fingerprint density at radius 2 is 2.25 bits per heavy atom. The number of hydrogen-bond acceptors (Lipinski definition) is 4. The van der Waals surface area contributed by atoms with Gasteiger partial charge in [0.2, 0.25) is 0 Å². The van der Waals surface area contributed by atoms with E-state index >= 15 is 0 Å². The highest BCUT2D eigenvalue weighted by Crippen LogP contribution is 2.19. The van der Waals surface area contributed by atoms with Crippen molar-refractivity contribution in [2.75, 3.05) is 6.26 Å². The van der Waals surface area contributed by atoms with Crippen molar-refractivity contribution in [2.24, 2.45) is 0 Å². The van der Waals surface area contributed by atoms with Crippen molar-refractivity contribution >= 4 is 35.9 Å². The quantitative estimate of drug-likeness (QED) is 0.530. The Morgan fingerprint density at radius 3 is 2.75 bits per heavy atom. The Morgan fingerprint density at radius 1 is 1.58 bits per heavy atom. The van der Waals surface area contributed by atoms with Gasteiger partial charge in [-0.25, -0.2) is 4.98 Å². The minimum atomic E-state index is -1.54. The van der Waals surface area contributed by atoms with Crippen molar-refractivity contribution in [3.63, 3.8) is 0 Å². The zero-order valence-electron chi connectivity index (χ0n) is 6.36. The van der Waals surface area contributed by atoms with Crippen LogP contribution in [0.4, 0.5) is 0 Å². The molecule has 0 saturated carbocycles. The van der Waals surface area contributed by atoms with E-state index in [1.165, 1.54) is 24.0 Å². The molecule has 3 nitrogen and oxygen atoms in total. The molecule has 6 heteroatoms. The van der Waals surface area contributed by atoms with Gasteiger partial charge in [-0.3, -0.25) is 0 Å². The first-order chi connectivity index (χ1) is 5.66. The Bertz CT molecular complexity index is 284. The second-order valence-electron chi connectivity index (χ2n) is 2.10. The normalized spacial score (nSPS) is 10.0. The largest absolute Gasteiger partial charge is 0.490 e. The summed E-state index contributed by atoms with van der Waals surface area (Å²) in [6.45, 7) is 0. The van der Waals surface area contributed by atoms with Gasteiger partial charge in [0.15, 0.2) is 0 Å². The van der Waals surface area contributed by atoms with Gasteiger partial charge in [0.1, 0.15) is 5.03 Å². The van der Waals surface area contributed by atoms with E-state index in [0.717, 1.165) is 0 Å². The van der Waals surface area contributed by atoms with Crippen LogP contribution in [0, 0.1) is 0 Å². The number of aromatic nitrogens is 1. The number of halogens is 1. The van der Waals surface area contributed by atoms with Gasteiger partial charge in [-0.15, -0.1) is 11.8 Å².